The zero-order valence-corrected chi connectivity index (χ0v) is 17.7. The van der Waals surface area contributed by atoms with E-state index in [-0.39, 0.29) is 35.5 Å². The third-order valence-corrected chi connectivity index (χ3v) is 4.55. The highest BCUT2D eigenvalue weighted by Gasteiger charge is 2.12. The van der Waals surface area contributed by atoms with Crippen molar-refractivity contribution in [3.05, 3.63) is 53.6 Å². The highest BCUT2D eigenvalue weighted by Crippen LogP contribution is 2.37. The summed E-state index contributed by atoms with van der Waals surface area (Å²) in [6.45, 7) is 5.06. The summed E-state index contributed by atoms with van der Waals surface area (Å²) in [6, 6.07) is 9.80. The predicted octanol–water partition coefficient (Wildman–Crippen LogP) is 3.55. The van der Waals surface area contributed by atoms with E-state index in [0.717, 1.165) is 0 Å². The van der Waals surface area contributed by atoms with Crippen molar-refractivity contribution in [3.8, 4) is 23.0 Å². The second kappa shape index (κ2) is 10.9. The average molecular weight is 413 g/mol. The quantitative estimate of drug-likeness (QED) is 0.474. The molecule has 2 aromatic rings. The minimum atomic E-state index is -0.202. The van der Waals surface area contributed by atoms with Gasteiger partial charge in [0.15, 0.2) is 23.9 Å². The van der Waals surface area contributed by atoms with E-state index in [1.807, 2.05) is 13.8 Å². The Morgan fingerprint density at radius 1 is 1.00 bits per heavy atom. The van der Waals surface area contributed by atoms with E-state index < -0.39 is 0 Å². The Balaban J connectivity index is 2.03. The smallest absolute Gasteiger partial charge is 0.260 e. The van der Waals surface area contributed by atoms with Crippen LogP contribution in [-0.2, 0) is 4.79 Å². The third-order valence-electron chi connectivity index (χ3n) is 4.55. The molecule has 0 aromatic heterocycles. The monoisotopic (exact) mass is 413 g/mol. The Kier molecular flexibility index (Phi) is 8.29. The van der Waals surface area contributed by atoms with Crippen LogP contribution in [0.5, 0.6) is 23.0 Å². The van der Waals surface area contributed by atoms with Gasteiger partial charge in [-0.15, -0.1) is 0 Å². The molecule has 0 atom stereocenters. The van der Waals surface area contributed by atoms with E-state index in [9.17, 15) is 14.7 Å². The first kappa shape index (κ1) is 22.8. The van der Waals surface area contributed by atoms with Gasteiger partial charge in [0.2, 0.25) is 5.75 Å². The molecular weight excluding hydrogens is 386 g/mol. The number of aromatic hydroxyl groups is 1. The molecular formula is C23H27NO6. The molecule has 0 aliphatic carbocycles. The number of rotatable bonds is 10. The summed E-state index contributed by atoms with van der Waals surface area (Å²) in [7, 11) is 2.87. The van der Waals surface area contributed by atoms with E-state index in [2.05, 4.69) is 0 Å². The molecule has 0 radical (unpaired) electrons. The lowest BCUT2D eigenvalue weighted by Crippen LogP contribution is -2.34. The number of hydrogen-bond acceptors (Lipinski definition) is 6. The number of amides is 1. The molecule has 0 heterocycles. The van der Waals surface area contributed by atoms with Crippen LogP contribution in [0.15, 0.2) is 42.5 Å². The van der Waals surface area contributed by atoms with Gasteiger partial charge in [-0.1, -0.05) is 6.08 Å². The number of carbonyl (C=O) groups excluding carboxylic acids is 2. The number of carbonyl (C=O) groups is 2. The number of nitrogens with zero attached hydrogens (tertiary/aromatic N) is 1. The summed E-state index contributed by atoms with van der Waals surface area (Å²) in [5.41, 5.74) is 1.12. The van der Waals surface area contributed by atoms with Crippen LogP contribution in [-0.4, -0.2) is 55.6 Å². The molecule has 7 heteroatoms. The predicted molar refractivity (Wildman–Crippen MR) is 114 cm³/mol. The lowest BCUT2D eigenvalue weighted by molar-refractivity contribution is -0.132. The minimum absolute atomic E-state index is 0.0423. The normalized spacial score (nSPS) is 10.7. The zero-order chi connectivity index (χ0) is 22.1. The van der Waals surface area contributed by atoms with Gasteiger partial charge in [0, 0.05) is 18.7 Å². The van der Waals surface area contributed by atoms with Crippen molar-refractivity contribution in [2.75, 3.05) is 33.9 Å². The molecule has 2 aromatic carbocycles. The van der Waals surface area contributed by atoms with Gasteiger partial charge in [-0.25, -0.2) is 0 Å². The average Bonchev–Trinajstić information content (AvgIpc) is 2.77. The van der Waals surface area contributed by atoms with Gasteiger partial charge in [-0.3, -0.25) is 9.59 Å². The fourth-order valence-electron chi connectivity index (χ4n) is 2.81. The van der Waals surface area contributed by atoms with Crippen LogP contribution < -0.4 is 14.2 Å². The number of methoxy groups -OCH3 is 2. The largest absolute Gasteiger partial charge is 0.502 e. The Hall–Kier alpha value is -3.48. The fourth-order valence-corrected chi connectivity index (χ4v) is 2.81. The summed E-state index contributed by atoms with van der Waals surface area (Å²) in [6.07, 6.45) is 3.03. The molecule has 0 aliphatic heterocycles. The van der Waals surface area contributed by atoms with Crippen LogP contribution in [0.3, 0.4) is 0 Å². The Morgan fingerprint density at radius 2 is 1.57 bits per heavy atom. The lowest BCUT2D eigenvalue weighted by atomic mass is 10.1. The summed E-state index contributed by atoms with van der Waals surface area (Å²) in [4.78, 5) is 26.1. The molecule has 0 unspecified atom stereocenters. The number of allylic oxidation sites excluding steroid dienone is 1. The number of ether oxygens (including phenoxy) is 3. The molecule has 160 valence electrons. The van der Waals surface area contributed by atoms with Gasteiger partial charge >= 0.3 is 0 Å². The number of phenolic OH excluding ortho intramolecular Hbond substituents is 1. The van der Waals surface area contributed by atoms with Gasteiger partial charge in [-0.2, -0.15) is 0 Å². The van der Waals surface area contributed by atoms with E-state index in [4.69, 9.17) is 14.2 Å². The number of benzene rings is 2. The molecule has 2 rings (SSSR count). The maximum atomic E-state index is 12.4. The molecule has 0 bridgehead atoms. The maximum absolute atomic E-state index is 12.4. The van der Waals surface area contributed by atoms with E-state index in [0.29, 0.717) is 30.0 Å². The molecule has 30 heavy (non-hydrogen) atoms. The van der Waals surface area contributed by atoms with E-state index in [1.54, 1.807) is 47.4 Å². The summed E-state index contributed by atoms with van der Waals surface area (Å²) >= 11 is 0. The maximum Gasteiger partial charge on any atom is 0.260 e. The third kappa shape index (κ3) is 5.76. The van der Waals surface area contributed by atoms with Crippen LogP contribution in [0.25, 0.3) is 6.08 Å². The highest BCUT2D eigenvalue weighted by molar-refractivity contribution is 6.06. The van der Waals surface area contributed by atoms with Crippen molar-refractivity contribution >= 4 is 17.8 Å². The van der Waals surface area contributed by atoms with Crippen molar-refractivity contribution in [1.29, 1.82) is 0 Å². The van der Waals surface area contributed by atoms with Crippen LogP contribution in [0.1, 0.15) is 29.8 Å². The Bertz CT molecular complexity index is 875. The molecule has 0 fully saturated rings. The number of hydrogen-bond donors (Lipinski definition) is 1. The summed E-state index contributed by atoms with van der Waals surface area (Å²) < 4.78 is 15.7. The first-order valence-corrected chi connectivity index (χ1v) is 9.61. The molecule has 1 amide bonds. The molecule has 1 N–H and O–H groups in total. The summed E-state index contributed by atoms with van der Waals surface area (Å²) in [5.74, 6) is 0.640. The standard InChI is InChI=1S/C23H27NO6/c1-5-24(6-2)22(26)15-30-18-10-8-17(9-11-18)19(25)12-7-16-13-20(28-3)23(27)21(14-16)29-4/h7-14,27H,5-6,15H2,1-4H3/b12-7+. The van der Waals surface area contributed by atoms with Gasteiger partial charge in [0.05, 0.1) is 14.2 Å². The van der Waals surface area contributed by atoms with E-state index in [1.165, 1.54) is 20.3 Å². The second-order valence-electron chi connectivity index (χ2n) is 6.35. The molecule has 0 spiro atoms. The zero-order valence-electron chi connectivity index (χ0n) is 17.7. The van der Waals surface area contributed by atoms with Crippen LogP contribution in [0, 0.1) is 0 Å². The van der Waals surface area contributed by atoms with Gasteiger partial charge in [0.1, 0.15) is 5.75 Å². The molecule has 7 nitrogen and oxygen atoms in total. The van der Waals surface area contributed by atoms with Crippen LogP contribution in [0.4, 0.5) is 0 Å². The van der Waals surface area contributed by atoms with Crippen LogP contribution in [0.2, 0.25) is 0 Å². The fraction of sp³-hybridized carbons (Fsp3) is 0.304. The van der Waals surface area contributed by atoms with E-state index >= 15 is 0 Å². The minimum Gasteiger partial charge on any atom is -0.502 e. The van der Waals surface area contributed by atoms with Gasteiger partial charge < -0.3 is 24.2 Å². The Morgan fingerprint density at radius 3 is 2.07 bits per heavy atom. The van der Waals surface area contributed by atoms with Crippen molar-refractivity contribution in [1.82, 2.24) is 4.90 Å². The van der Waals surface area contributed by atoms with Crippen molar-refractivity contribution in [3.63, 3.8) is 0 Å². The Labute approximate surface area is 176 Å². The van der Waals surface area contributed by atoms with Crippen molar-refractivity contribution in [2.24, 2.45) is 0 Å². The highest BCUT2D eigenvalue weighted by atomic mass is 16.5. The first-order chi connectivity index (χ1) is 14.4. The van der Waals surface area contributed by atoms with Crippen LogP contribution >= 0.6 is 0 Å². The number of ketones is 1. The molecule has 0 aliphatic rings. The number of likely N-dealkylation sites (N-methyl/N-ethyl adjacent to an activating group) is 1. The summed E-state index contributed by atoms with van der Waals surface area (Å²) in [5, 5.41) is 9.95. The SMILES string of the molecule is CCN(CC)C(=O)COc1ccc(C(=O)/C=C/c2cc(OC)c(O)c(OC)c2)cc1. The van der Waals surface area contributed by atoms with Crippen molar-refractivity contribution in [2.45, 2.75) is 13.8 Å². The van der Waals surface area contributed by atoms with Gasteiger partial charge in [0.25, 0.3) is 5.91 Å². The molecule has 0 saturated heterocycles. The topological polar surface area (TPSA) is 85.3 Å². The van der Waals surface area contributed by atoms with Gasteiger partial charge in [-0.05, 0) is 61.9 Å². The lowest BCUT2D eigenvalue weighted by Gasteiger charge is -2.18. The second-order valence-corrected chi connectivity index (χ2v) is 6.35. The first-order valence-electron chi connectivity index (χ1n) is 9.61. The van der Waals surface area contributed by atoms with Crippen molar-refractivity contribution < 1.29 is 28.9 Å². The molecule has 0 saturated carbocycles. The number of phenols is 1.